The number of fused-ring (bicyclic) bond motifs is 4. The van der Waals surface area contributed by atoms with Gasteiger partial charge in [0.05, 0.1) is 16.9 Å². The molecule has 3 aliphatic rings. The molecule has 1 aromatic heterocycles. The van der Waals surface area contributed by atoms with E-state index in [-0.39, 0.29) is 23.6 Å². The third-order valence-electron chi connectivity index (χ3n) is 7.34. The molecule has 32 heavy (non-hydrogen) atoms. The quantitative estimate of drug-likeness (QED) is 0.604. The van der Waals surface area contributed by atoms with E-state index in [1.165, 1.54) is 11.1 Å². The minimum atomic E-state index is 0.0272. The van der Waals surface area contributed by atoms with Crippen LogP contribution < -0.4 is 5.56 Å². The number of aryl methyl sites for hydroxylation is 1. The first kappa shape index (κ1) is 19.5. The van der Waals surface area contributed by atoms with Gasteiger partial charge >= 0.3 is 0 Å². The van der Waals surface area contributed by atoms with E-state index in [4.69, 9.17) is 4.98 Å². The first-order chi connectivity index (χ1) is 15.7. The highest BCUT2D eigenvalue weighted by molar-refractivity contribution is 5.98. The molecule has 1 saturated heterocycles. The monoisotopic (exact) mass is 425 g/mol. The molecule has 0 radical (unpaired) electrons. The van der Waals surface area contributed by atoms with Crippen LogP contribution in [0.3, 0.4) is 0 Å². The smallest absolute Gasteiger partial charge is 0.261 e. The van der Waals surface area contributed by atoms with Gasteiger partial charge in [-0.2, -0.15) is 0 Å². The molecule has 162 valence electrons. The van der Waals surface area contributed by atoms with Crippen molar-refractivity contribution in [1.29, 1.82) is 0 Å². The number of carbonyl (C=O) groups is 1. The van der Waals surface area contributed by atoms with Crippen LogP contribution in [0.2, 0.25) is 0 Å². The van der Waals surface area contributed by atoms with Crippen molar-refractivity contribution in [3.63, 3.8) is 0 Å². The van der Waals surface area contributed by atoms with Gasteiger partial charge in [0, 0.05) is 24.6 Å². The fourth-order valence-electron chi connectivity index (χ4n) is 5.71. The number of hydrogen-bond donors (Lipinski definition) is 0. The lowest BCUT2D eigenvalue weighted by atomic mass is 9.94. The van der Waals surface area contributed by atoms with Crippen molar-refractivity contribution in [1.82, 2.24) is 14.5 Å². The van der Waals surface area contributed by atoms with Crippen molar-refractivity contribution in [3.05, 3.63) is 81.9 Å². The molecule has 0 saturated carbocycles. The van der Waals surface area contributed by atoms with E-state index in [1.807, 2.05) is 22.8 Å². The summed E-state index contributed by atoms with van der Waals surface area (Å²) in [5.74, 6) is 0.915. The van der Waals surface area contributed by atoms with Gasteiger partial charge in [0.15, 0.2) is 0 Å². The van der Waals surface area contributed by atoms with Crippen LogP contribution in [-0.4, -0.2) is 32.4 Å². The first-order valence-electron chi connectivity index (χ1n) is 11.8. The summed E-state index contributed by atoms with van der Waals surface area (Å²) in [5, 5.41) is 0.611. The molecule has 2 bridgehead atoms. The van der Waals surface area contributed by atoms with Crippen LogP contribution in [0.4, 0.5) is 0 Å². The highest BCUT2D eigenvalue weighted by Gasteiger charge is 2.40. The summed E-state index contributed by atoms with van der Waals surface area (Å²) in [6.07, 6.45) is 9.25. The second-order valence-corrected chi connectivity index (χ2v) is 9.30. The Hall–Kier alpha value is -3.21. The van der Waals surface area contributed by atoms with Crippen LogP contribution in [0, 0.1) is 0 Å². The van der Waals surface area contributed by atoms with E-state index in [1.54, 1.807) is 6.07 Å². The molecule has 3 aromatic rings. The molecular weight excluding hydrogens is 398 g/mol. The lowest BCUT2D eigenvalue weighted by Gasteiger charge is -2.34. The number of hydrogen-bond acceptors (Lipinski definition) is 3. The largest absolute Gasteiger partial charge is 0.329 e. The zero-order chi connectivity index (χ0) is 21.7. The topological polar surface area (TPSA) is 55.2 Å². The highest BCUT2D eigenvalue weighted by atomic mass is 16.2. The maximum Gasteiger partial charge on any atom is 0.261 e. The lowest BCUT2D eigenvalue weighted by molar-refractivity contribution is 0.0692. The molecule has 3 aliphatic heterocycles. The Bertz CT molecular complexity index is 1290. The van der Waals surface area contributed by atoms with Gasteiger partial charge in [-0.3, -0.25) is 14.2 Å². The van der Waals surface area contributed by atoms with Gasteiger partial charge in [-0.15, -0.1) is 0 Å². The molecule has 4 heterocycles. The Balaban J connectivity index is 1.34. The molecule has 2 unspecified atom stereocenters. The normalized spacial score (nSPS) is 22.4. The van der Waals surface area contributed by atoms with Crippen molar-refractivity contribution in [3.8, 4) is 0 Å². The van der Waals surface area contributed by atoms with Gasteiger partial charge in [-0.1, -0.05) is 42.8 Å². The molecule has 0 N–H and O–H groups in total. The van der Waals surface area contributed by atoms with Crippen molar-refractivity contribution < 1.29 is 4.79 Å². The van der Waals surface area contributed by atoms with Gasteiger partial charge in [0.2, 0.25) is 0 Å². The number of benzene rings is 2. The molecule has 6 rings (SSSR count). The van der Waals surface area contributed by atoms with E-state index in [0.29, 0.717) is 16.5 Å². The van der Waals surface area contributed by atoms with Crippen molar-refractivity contribution >= 4 is 22.4 Å². The summed E-state index contributed by atoms with van der Waals surface area (Å²) in [6, 6.07) is 16.3. The fourth-order valence-corrected chi connectivity index (χ4v) is 5.71. The molecule has 0 aliphatic carbocycles. The van der Waals surface area contributed by atoms with Crippen LogP contribution in [-0.2, 0) is 13.0 Å². The van der Waals surface area contributed by atoms with Crippen molar-refractivity contribution in [2.75, 3.05) is 0 Å². The Morgan fingerprint density at radius 2 is 1.88 bits per heavy atom. The third kappa shape index (κ3) is 3.19. The van der Waals surface area contributed by atoms with Crippen LogP contribution in [0.25, 0.3) is 16.5 Å². The highest BCUT2D eigenvalue weighted by Crippen LogP contribution is 2.39. The number of carbonyl (C=O) groups excluding carboxylic acids is 1. The number of rotatable bonds is 2. The second-order valence-electron chi connectivity index (χ2n) is 9.30. The van der Waals surface area contributed by atoms with Gasteiger partial charge < -0.3 is 4.90 Å². The predicted molar refractivity (Wildman–Crippen MR) is 126 cm³/mol. The zero-order valence-corrected chi connectivity index (χ0v) is 18.2. The molecule has 5 nitrogen and oxygen atoms in total. The Kier molecular flexibility index (Phi) is 4.71. The SMILES string of the molecule is O=C(c1ccc2c(=O)n3c(nc2c1)CCCCC3)N1C2C=C(c3ccccc3)CC1CC2. The Morgan fingerprint density at radius 3 is 2.72 bits per heavy atom. The van der Waals surface area contributed by atoms with E-state index in [2.05, 4.69) is 35.2 Å². The van der Waals surface area contributed by atoms with Crippen LogP contribution >= 0.6 is 0 Å². The standard InChI is InChI=1S/C27H27N3O2/c31-26(30-21-11-12-22(30)16-20(15-21)18-7-3-1-4-8-18)19-10-13-23-24(17-19)28-25-9-5-2-6-14-29(25)27(23)32/h1,3-4,7-8,10,13,15,17,21-22H,2,5-6,9,11-12,14,16H2. The van der Waals surface area contributed by atoms with Crippen molar-refractivity contribution in [2.45, 2.75) is 63.6 Å². The summed E-state index contributed by atoms with van der Waals surface area (Å²) in [5.41, 5.74) is 3.92. The van der Waals surface area contributed by atoms with Crippen molar-refractivity contribution in [2.24, 2.45) is 0 Å². The minimum Gasteiger partial charge on any atom is -0.329 e. The Labute approximate surface area is 187 Å². The molecule has 0 spiro atoms. The van der Waals surface area contributed by atoms with Crippen LogP contribution in [0.1, 0.15) is 60.3 Å². The summed E-state index contributed by atoms with van der Waals surface area (Å²) >= 11 is 0. The Morgan fingerprint density at radius 1 is 1.00 bits per heavy atom. The maximum absolute atomic E-state index is 13.6. The summed E-state index contributed by atoms with van der Waals surface area (Å²) in [6.45, 7) is 0.741. The predicted octanol–water partition coefficient (Wildman–Crippen LogP) is 4.58. The number of aromatic nitrogens is 2. The summed E-state index contributed by atoms with van der Waals surface area (Å²) < 4.78 is 1.83. The average Bonchev–Trinajstić information content (AvgIpc) is 2.98. The van der Waals surface area contributed by atoms with Gasteiger partial charge in [0.1, 0.15) is 5.82 Å². The van der Waals surface area contributed by atoms with E-state index in [0.717, 1.165) is 57.3 Å². The van der Waals surface area contributed by atoms with Gasteiger partial charge in [0.25, 0.3) is 11.5 Å². The number of amides is 1. The fraction of sp³-hybridized carbons (Fsp3) is 0.370. The van der Waals surface area contributed by atoms with Gasteiger partial charge in [-0.25, -0.2) is 4.98 Å². The molecule has 1 fully saturated rings. The molecule has 1 amide bonds. The maximum atomic E-state index is 13.6. The van der Waals surface area contributed by atoms with Crippen LogP contribution in [0.5, 0.6) is 0 Å². The zero-order valence-electron chi connectivity index (χ0n) is 18.2. The van der Waals surface area contributed by atoms with Gasteiger partial charge in [-0.05, 0) is 61.4 Å². The summed E-state index contributed by atoms with van der Waals surface area (Å²) in [7, 11) is 0. The van der Waals surface area contributed by atoms with E-state index in [9.17, 15) is 9.59 Å². The summed E-state index contributed by atoms with van der Waals surface area (Å²) in [4.78, 5) is 33.4. The number of nitrogens with zero attached hydrogens (tertiary/aromatic N) is 3. The first-order valence-corrected chi connectivity index (χ1v) is 11.8. The average molecular weight is 426 g/mol. The minimum absolute atomic E-state index is 0.0272. The molecular formula is C27H27N3O2. The molecule has 5 heteroatoms. The molecule has 2 aromatic carbocycles. The molecule has 2 atom stereocenters. The lowest BCUT2D eigenvalue weighted by Crippen LogP contribution is -2.43. The van der Waals surface area contributed by atoms with E-state index < -0.39 is 0 Å². The third-order valence-corrected chi connectivity index (χ3v) is 7.34. The van der Waals surface area contributed by atoms with Crippen LogP contribution in [0.15, 0.2) is 59.4 Å². The van der Waals surface area contributed by atoms with E-state index >= 15 is 0 Å². The second kappa shape index (κ2) is 7.73.